The zero-order valence-corrected chi connectivity index (χ0v) is 14.3. The molecule has 0 aliphatic heterocycles. The van der Waals surface area contributed by atoms with Crippen molar-refractivity contribution in [1.29, 1.82) is 0 Å². The number of benzene rings is 1. The summed E-state index contributed by atoms with van der Waals surface area (Å²) in [5.74, 6) is 2.04. The summed E-state index contributed by atoms with van der Waals surface area (Å²) in [6, 6.07) is 3.38. The van der Waals surface area contributed by atoms with Gasteiger partial charge in [0, 0.05) is 5.82 Å². The van der Waals surface area contributed by atoms with E-state index in [2.05, 4.69) is 0 Å². The zero-order chi connectivity index (χ0) is 16.6. The third-order valence-electron chi connectivity index (χ3n) is 2.80. The molecule has 0 bridgehead atoms. The van der Waals surface area contributed by atoms with Crippen LogP contribution in [0, 0.1) is 0 Å². The Labute approximate surface area is 131 Å². The lowest BCUT2D eigenvalue weighted by Crippen LogP contribution is -1.94. The second-order valence-electron chi connectivity index (χ2n) is 4.31. The Balaban J connectivity index is 2.91. The number of ether oxygens (including phenoxy) is 2. The number of phenols is 1. The molecular formula is C15H23O6P. The van der Waals surface area contributed by atoms with Crippen LogP contribution in [0.5, 0.6) is 17.2 Å². The number of hydrogen-bond acceptors (Lipinski definition) is 6. The van der Waals surface area contributed by atoms with Gasteiger partial charge in [-0.3, -0.25) is 4.57 Å². The van der Waals surface area contributed by atoms with Gasteiger partial charge in [-0.2, -0.15) is 0 Å². The van der Waals surface area contributed by atoms with Gasteiger partial charge in [0.2, 0.25) is 5.75 Å². The molecule has 0 saturated carbocycles. The Morgan fingerprint density at radius 2 is 1.59 bits per heavy atom. The summed E-state index contributed by atoms with van der Waals surface area (Å²) >= 11 is 0. The Hall–Kier alpha value is -1.49. The lowest BCUT2D eigenvalue weighted by Gasteiger charge is -2.13. The Morgan fingerprint density at radius 3 is 2.00 bits per heavy atom. The van der Waals surface area contributed by atoms with Crippen LogP contribution in [0.15, 0.2) is 24.0 Å². The Bertz CT molecular complexity index is 520. The van der Waals surface area contributed by atoms with Crippen LogP contribution in [0.1, 0.15) is 19.4 Å². The van der Waals surface area contributed by atoms with Crippen LogP contribution < -0.4 is 9.47 Å². The molecule has 0 spiro atoms. The fourth-order valence-corrected chi connectivity index (χ4v) is 3.20. The van der Waals surface area contributed by atoms with Crippen molar-refractivity contribution < 1.29 is 28.2 Å². The van der Waals surface area contributed by atoms with E-state index >= 15 is 0 Å². The zero-order valence-electron chi connectivity index (χ0n) is 13.4. The topological polar surface area (TPSA) is 74.2 Å². The molecule has 0 atom stereocenters. The number of methoxy groups -OCH3 is 2. The van der Waals surface area contributed by atoms with E-state index in [9.17, 15) is 9.67 Å². The molecule has 1 aromatic carbocycles. The van der Waals surface area contributed by atoms with Crippen LogP contribution >= 0.6 is 7.60 Å². The number of phenolic OH excluding ortho intramolecular Hbond substituents is 1. The van der Waals surface area contributed by atoms with Crippen LogP contribution in [0.25, 0.3) is 0 Å². The molecule has 0 aliphatic rings. The van der Waals surface area contributed by atoms with Gasteiger partial charge < -0.3 is 23.6 Å². The smallest absolute Gasteiger partial charge is 0.353 e. The highest BCUT2D eigenvalue weighted by atomic mass is 31.2. The first kappa shape index (κ1) is 18.6. The van der Waals surface area contributed by atoms with Gasteiger partial charge in [0.05, 0.1) is 27.4 Å². The van der Waals surface area contributed by atoms with E-state index < -0.39 is 7.60 Å². The maximum Gasteiger partial charge on any atom is 0.353 e. The maximum atomic E-state index is 12.3. The predicted octanol–water partition coefficient (Wildman–Crippen LogP) is 3.73. The van der Waals surface area contributed by atoms with Gasteiger partial charge in [-0.15, -0.1) is 0 Å². The first-order valence-electron chi connectivity index (χ1n) is 7.00. The summed E-state index contributed by atoms with van der Waals surface area (Å²) in [6.07, 6.45) is 2.18. The molecule has 0 unspecified atom stereocenters. The second-order valence-corrected chi connectivity index (χ2v) is 6.21. The molecule has 0 saturated heterocycles. The number of rotatable bonds is 9. The number of aromatic hydroxyl groups is 1. The van der Waals surface area contributed by atoms with Crippen molar-refractivity contribution in [1.82, 2.24) is 0 Å². The average Bonchev–Trinajstić information content (AvgIpc) is 2.49. The summed E-state index contributed by atoms with van der Waals surface area (Å²) in [7, 11) is -0.266. The molecule has 0 aliphatic carbocycles. The maximum absolute atomic E-state index is 12.3. The summed E-state index contributed by atoms with van der Waals surface area (Å²) < 4.78 is 32.8. The lowest BCUT2D eigenvalue weighted by molar-refractivity contribution is 0.229. The third kappa shape index (κ3) is 5.05. The molecule has 7 heteroatoms. The highest BCUT2D eigenvalue weighted by Crippen LogP contribution is 2.49. The molecule has 0 fully saturated rings. The fourth-order valence-electron chi connectivity index (χ4n) is 1.87. The van der Waals surface area contributed by atoms with Crippen molar-refractivity contribution in [3.05, 3.63) is 29.6 Å². The van der Waals surface area contributed by atoms with Gasteiger partial charge in [-0.25, -0.2) is 0 Å². The number of hydrogen-bond donors (Lipinski definition) is 1. The first-order chi connectivity index (χ1) is 10.5. The highest BCUT2D eigenvalue weighted by molar-refractivity contribution is 7.57. The van der Waals surface area contributed by atoms with E-state index in [4.69, 9.17) is 18.5 Å². The molecule has 1 rings (SSSR count). The molecular weight excluding hydrogens is 307 g/mol. The molecule has 0 heterocycles. The Morgan fingerprint density at radius 1 is 1.09 bits per heavy atom. The lowest BCUT2D eigenvalue weighted by atomic mass is 10.1. The van der Waals surface area contributed by atoms with Crippen molar-refractivity contribution in [2.24, 2.45) is 0 Å². The van der Waals surface area contributed by atoms with Crippen LogP contribution in [0.3, 0.4) is 0 Å². The second kappa shape index (κ2) is 8.83. The van der Waals surface area contributed by atoms with Gasteiger partial charge in [-0.05, 0) is 38.0 Å². The highest BCUT2D eigenvalue weighted by Gasteiger charge is 2.18. The van der Waals surface area contributed by atoms with E-state index in [0.29, 0.717) is 31.1 Å². The molecule has 1 N–H and O–H groups in total. The summed E-state index contributed by atoms with van der Waals surface area (Å²) in [6.45, 7) is 4.13. The summed E-state index contributed by atoms with van der Waals surface area (Å²) in [5, 5.41) is 9.86. The molecule has 1 aromatic rings. The summed E-state index contributed by atoms with van der Waals surface area (Å²) in [4.78, 5) is 0. The van der Waals surface area contributed by atoms with E-state index in [1.54, 1.807) is 32.1 Å². The van der Waals surface area contributed by atoms with Gasteiger partial charge in [0.25, 0.3) is 0 Å². The van der Waals surface area contributed by atoms with E-state index in [-0.39, 0.29) is 5.75 Å². The largest absolute Gasteiger partial charge is 0.502 e. The van der Waals surface area contributed by atoms with Gasteiger partial charge in [-0.1, -0.05) is 6.08 Å². The number of allylic oxidation sites excluding steroid dienone is 1. The van der Waals surface area contributed by atoms with E-state index in [1.807, 2.05) is 0 Å². The molecule has 6 nitrogen and oxygen atoms in total. The van der Waals surface area contributed by atoms with Gasteiger partial charge >= 0.3 is 7.60 Å². The van der Waals surface area contributed by atoms with Crippen molar-refractivity contribution in [2.45, 2.75) is 20.3 Å². The molecule has 22 heavy (non-hydrogen) atoms. The van der Waals surface area contributed by atoms with E-state index in [1.165, 1.54) is 20.0 Å². The van der Waals surface area contributed by atoms with E-state index in [0.717, 1.165) is 5.56 Å². The van der Waals surface area contributed by atoms with Gasteiger partial charge in [0.1, 0.15) is 0 Å². The minimum atomic E-state index is -3.20. The van der Waals surface area contributed by atoms with Crippen molar-refractivity contribution in [2.75, 3.05) is 27.4 Å². The average molecular weight is 330 g/mol. The SMILES string of the molecule is CCOP(=O)(/C=C/Cc1cc(OC)c(O)c(OC)c1)OCC. The summed E-state index contributed by atoms with van der Waals surface area (Å²) in [5.41, 5.74) is 0.835. The van der Waals surface area contributed by atoms with Crippen LogP contribution in [-0.4, -0.2) is 32.5 Å². The van der Waals surface area contributed by atoms with Crippen LogP contribution in [0.2, 0.25) is 0 Å². The molecule has 0 aromatic heterocycles. The van der Waals surface area contributed by atoms with Crippen LogP contribution in [0.4, 0.5) is 0 Å². The molecule has 0 radical (unpaired) electrons. The first-order valence-corrected chi connectivity index (χ1v) is 8.61. The minimum Gasteiger partial charge on any atom is -0.502 e. The Kier molecular flexibility index (Phi) is 7.45. The minimum absolute atomic E-state index is 0.0490. The predicted molar refractivity (Wildman–Crippen MR) is 84.9 cm³/mol. The van der Waals surface area contributed by atoms with Crippen molar-refractivity contribution >= 4 is 7.60 Å². The standard InChI is InChI=1S/C15H23O6P/c1-5-20-22(17,21-6-2)9-7-8-12-10-13(18-3)15(16)14(11-12)19-4/h7,9-11,16H,5-6,8H2,1-4H3/b9-7+. The fraction of sp³-hybridized carbons (Fsp3) is 0.467. The molecule has 0 amide bonds. The third-order valence-corrected chi connectivity index (χ3v) is 4.61. The van der Waals surface area contributed by atoms with Crippen molar-refractivity contribution in [3.8, 4) is 17.2 Å². The molecule has 124 valence electrons. The monoisotopic (exact) mass is 330 g/mol. The van der Waals surface area contributed by atoms with Crippen LogP contribution in [-0.2, 0) is 20.0 Å². The quantitative estimate of drug-likeness (QED) is 0.695. The normalized spacial score (nSPS) is 11.8. The van der Waals surface area contributed by atoms with Crippen molar-refractivity contribution in [3.63, 3.8) is 0 Å². The van der Waals surface area contributed by atoms with Gasteiger partial charge in [0.15, 0.2) is 11.5 Å².